The molecule has 2 N–H and O–H groups in total. The van der Waals surface area contributed by atoms with Gasteiger partial charge in [-0.15, -0.1) is 0 Å². The summed E-state index contributed by atoms with van der Waals surface area (Å²) in [4.78, 5) is 23.8. The molecule has 21 heavy (non-hydrogen) atoms. The number of carbonyl (C=O) groups excluding carboxylic acids is 1. The van der Waals surface area contributed by atoms with E-state index in [2.05, 4.69) is 5.32 Å². The van der Waals surface area contributed by atoms with Crippen molar-refractivity contribution in [1.29, 1.82) is 0 Å². The Bertz CT molecular complexity index is 646. The van der Waals surface area contributed by atoms with E-state index >= 15 is 0 Å². The Labute approximate surface area is 125 Å². The highest BCUT2D eigenvalue weighted by molar-refractivity contribution is 6.33. The van der Waals surface area contributed by atoms with E-state index in [1.165, 1.54) is 12.1 Å². The molecule has 1 saturated carbocycles. The Morgan fingerprint density at radius 1 is 1.24 bits per heavy atom. The smallest absolute Gasteiger partial charge is 0.307 e. The molecule has 2 unspecified atom stereocenters. The number of carboxylic acid groups (broad SMARTS) is 1. The van der Waals surface area contributed by atoms with Gasteiger partial charge in [0.1, 0.15) is 5.82 Å². The van der Waals surface area contributed by atoms with Crippen LogP contribution in [0.4, 0.5) is 10.1 Å². The number of anilines is 1. The molecule has 1 aromatic carbocycles. The summed E-state index contributed by atoms with van der Waals surface area (Å²) >= 11 is 5.87. The van der Waals surface area contributed by atoms with Gasteiger partial charge in [0, 0.05) is 0 Å². The Morgan fingerprint density at radius 2 is 1.90 bits per heavy atom. The Hall–Kier alpha value is -1.88. The number of allylic oxidation sites excluding steroid dienone is 2. The van der Waals surface area contributed by atoms with E-state index in [1.54, 1.807) is 0 Å². The summed E-state index contributed by atoms with van der Waals surface area (Å²) in [6.45, 7) is 0. The van der Waals surface area contributed by atoms with Crippen LogP contribution in [0.2, 0.25) is 5.02 Å². The van der Waals surface area contributed by atoms with Crippen LogP contribution in [0.3, 0.4) is 0 Å². The summed E-state index contributed by atoms with van der Waals surface area (Å²) in [5.74, 6) is -3.31. The second kappa shape index (κ2) is 5.15. The number of aliphatic carboxylic acids is 1. The first-order valence-electron chi connectivity index (χ1n) is 6.64. The highest BCUT2D eigenvalue weighted by Gasteiger charge is 2.51. The molecule has 110 valence electrons. The first-order chi connectivity index (χ1) is 9.97. The molecule has 0 saturated heterocycles. The second-order valence-corrected chi connectivity index (χ2v) is 5.86. The first kappa shape index (κ1) is 14.1. The molecule has 1 aromatic rings. The monoisotopic (exact) mass is 309 g/mol. The fourth-order valence-electron chi connectivity index (χ4n) is 3.32. The minimum atomic E-state index is -0.961. The van der Waals surface area contributed by atoms with Crippen LogP contribution in [0, 0.1) is 29.5 Å². The fraction of sp³-hybridized carbons (Fsp3) is 0.333. The van der Waals surface area contributed by atoms with Crippen molar-refractivity contribution >= 4 is 29.2 Å². The van der Waals surface area contributed by atoms with Crippen LogP contribution in [0.1, 0.15) is 6.42 Å². The molecule has 0 aromatic heterocycles. The lowest BCUT2D eigenvalue weighted by Crippen LogP contribution is -2.36. The number of amides is 1. The molecule has 4 atom stereocenters. The normalized spacial score (nSPS) is 29.6. The SMILES string of the molecule is O=C(O)[C@@H]1C2C=CC(C2)[C@@H]1C(=O)Nc1ccc(F)cc1Cl. The Kier molecular flexibility index (Phi) is 3.45. The lowest BCUT2D eigenvalue weighted by Gasteiger charge is -2.24. The van der Waals surface area contributed by atoms with Gasteiger partial charge in [0.15, 0.2) is 0 Å². The van der Waals surface area contributed by atoms with E-state index < -0.39 is 23.6 Å². The van der Waals surface area contributed by atoms with Gasteiger partial charge in [-0.3, -0.25) is 9.59 Å². The topological polar surface area (TPSA) is 66.4 Å². The summed E-state index contributed by atoms with van der Waals surface area (Å²) in [5, 5.41) is 12.0. The van der Waals surface area contributed by atoms with E-state index in [9.17, 15) is 19.1 Å². The summed E-state index contributed by atoms with van der Waals surface area (Å²) in [6, 6.07) is 3.66. The Morgan fingerprint density at radius 3 is 2.52 bits per heavy atom. The molecule has 1 fully saturated rings. The minimum absolute atomic E-state index is 0.0599. The van der Waals surface area contributed by atoms with Crippen LogP contribution >= 0.6 is 11.6 Å². The number of hydrogen-bond donors (Lipinski definition) is 2. The molecule has 0 radical (unpaired) electrons. The summed E-state index contributed by atoms with van der Waals surface area (Å²) < 4.78 is 13.0. The first-order valence-corrected chi connectivity index (χ1v) is 7.02. The van der Waals surface area contributed by atoms with Crippen LogP contribution in [-0.4, -0.2) is 17.0 Å². The molecule has 3 rings (SSSR count). The van der Waals surface area contributed by atoms with Crippen molar-refractivity contribution in [3.8, 4) is 0 Å². The van der Waals surface area contributed by atoms with Gasteiger partial charge >= 0.3 is 5.97 Å². The number of fused-ring (bicyclic) bond motifs is 2. The van der Waals surface area contributed by atoms with Crippen molar-refractivity contribution in [2.24, 2.45) is 23.7 Å². The molecular weight excluding hydrogens is 297 g/mol. The zero-order valence-corrected chi connectivity index (χ0v) is 11.7. The maximum absolute atomic E-state index is 13.0. The van der Waals surface area contributed by atoms with Crippen LogP contribution < -0.4 is 5.32 Å². The molecular formula is C15H13ClFNO3. The summed E-state index contributed by atoms with van der Waals surface area (Å²) in [5.41, 5.74) is 0.291. The third-order valence-corrected chi connectivity index (χ3v) is 4.55. The van der Waals surface area contributed by atoms with Crippen molar-refractivity contribution in [2.75, 3.05) is 5.32 Å². The number of benzene rings is 1. The summed E-state index contributed by atoms with van der Waals surface area (Å²) in [7, 11) is 0. The van der Waals surface area contributed by atoms with E-state index in [0.717, 1.165) is 6.07 Å². The fourth-order valence-corrected chi connectivity index (χ4v) is 3.54. The zero-order valence-electron chi connectivity index (χ0n) is 10.9. The van der Waals surface area contributed by atoms with E-state index in [0.29, 0.717) is 12.1 Å². The van der Waals surface area contributed by atoms with Crippen molar-refractivity contribution in [3.63, 3.8) is 0 Å². The van der Waals surface area contributed by atoms with Gasteiger partial charge in [-0.25, -0.2) is 4.39 Å². The largest absolute Gasteiger partial charge is 0.481 e. The van der Waals surface area contributed by atoms with Crippen LogP contribution in [-0.2, 0) is 9.59 Å². The van der Waals surface area contributed by atoms with Gasteiger partial charge in [0.2, 0.25) is 5.91 Å². The van der Waals surface area contributed by atoms with Crippen molar-refractivity contribution in [1.82, 2.24) is 0 Å². The average molecular weight is 310 g/mol. The lowest BCUT2D eigenvalue weighted by atomic mass is 9.82. The summed E-state index contributed by atoms with van der Waals surface area (Å²) in [6.07, 6.45) is 4.46. The van der Waals surface area contributed by atoms with Gasteiger partial charge in [-0.05, 0) is 36.5 Å². The number of hydrogen-bond acceptors (Lipinski definition) is 2. The van der Waals surface area contributed by atoms with Crippen molar-refractivity contribution < 1.29 is 19.1 Å². The molecule has 0 heterocycles. The van der Waals surface area contributed by atoms with Crippen molar-refractivity contribution in [2.45, 2.75) is 6.42 Å². The van der Waals surface area contributed by atoms with E-state index in [4.69, 9.17) is 11.6 Å². The van der Waals surface area contributed by atoms with E-state index in [1.807, 2.05) is 12.2 Å². The average Bonchev–Trinajstić information content (AvgIpc) is 3.02. The number of rotatable bonds is 3. The molecule has 6 heteroatoms. The maximum Gasteiger partial charge on any atom is 0.307 e. The molecule has 4 nitrogen and oxygen atoms in total. The standard InChI is InChI=1S/C15H13ClFNO3/c16-10-6-9(17)3-4-11(10)18-14(19)12-7-1-2-8(5-7)13(12)15(20)21/h1-4,6-8,12-13H,5H2,(H,18,19)(H,20,21)/t7?,8?,12-,13+/m0/s1. The minimum Gasteiger partial charge on any atom is -0.481 e. The molecule has 0 aliphatic heterocycles. The van der Waals surface area contributed by atoms with Crippen LogP contribution in [0.5, 0.6) is 0 Å². The van der Waals surface area contributed by atoms with Gasteiger partial charge in [-0.1, -0.05) is 23.8 Å². The van der Waals surface area contributed by atoms with Gasteiger partial charge in [-0.2, -0.15) is 0 Å². The highest BCUT2D eigenvalue weighted by atomic mass is 35.5. The molecule has 0 spiro atoms. The zero-order chi connectivity index (χ0) is 15.1. The van der Waals surface area contributed by atoms with Crippen molar-refractivity contribution in [3.05, 3.63) is 41.2 Å². The van der Waals surface area contributed by atoms with Gasteiger partial charge in [0.25, 0.3) is 0 Å². The van der Waals surface area contributed by atoms with Crippen LogP contribution in [0.25, 0.3) is 0 Å². The van der Waals surface area contributed by atoms with Gasteiger partial charge in [0.05, 0.1) is 22.5 Å². The van der Waals surface area contributed by atoms with Gasteiger partial charge < -0.3 is 10.4 Å². The molecule has 1 amide bonds. The lowest BCUT2D eigenvalue weighted by molar-refractivity contribution is -0.146. The quantitative estimate of drug-likeness (QED) is 0.844. The maximum atomic E-state index is 13.0. The van der Waals surface area contributed by atoms with Crippen LogP contribution in [0.15, 0.2) is 30.4 Å². The molecule has 2 bridgehead atoms. The number of halogens is 2. The predicted octanol–water partition coefficient (Wildman–Crippen LogP) is 2.94. The number of nitrogens with one attached hydrogen (secondary N) is 1. The highest BCUT2D eigenvalue weighted by Crippen LogP contribution is 2.48. The Balaban J connectivity index is 1.82. The molecule has 2 aliphatic rings. The molecule has 2 aliphatic carbocycles. The number of carboxylic acids is 1. The van der Waals surface area contributed by atoms with E-state index in [-0.39, 0.29) is 22.8 Å². The predicted molar refractivity (Wildman–Crippen MR) is 75.4 cm³/mol. The number of carbonyl (C=O) groups is 2. The third kappa shape index (κ3) is 2.42. The third-order valence-electron chi connectivity index (χ3n) is 4.24. The second-order valence-electron chi connectivity index (χ2n) is 5.45.